The third-order valence-electron chi connectivity index (χ3n) is 2.86. The van der Waals surface area contributed by atoms with Crippen molar-refractivity contribution < 1.29 is 9.90 Å². The number of rotatable bonds is 6. The zero-order valence-electron chi connectivity index (χ0n) is 10.8. The maximum atomic E-state index is 10.6. The second-order valence-corrected chi connectivity index (χ2v) is 4.22. The lowest BCUT2D eigenvalue weighted by Gasteiger charge is -2.25. The van der Waals surface area contributed by atoms with Crippen LogP contribution in [-0.4, -0.2) is 29.1 Å². The summed E-state index contributed by atoms with van der Waals surface area (Å²) in [5.74, 6) is -0.839. The highest BCUT2D eigenvalue weighted by atomic mass is 16.4. The van der Waals surface area contributed by atoms with Gasteiger partial charge in [0.1, 0.15) is 6.04 Å². The van der Waals surface area contributed by atoms with E-state index in [0.29, 0.717) is 13.1 Å². The number of carbonyl (C=O) groups is 1. The van der Waals surface area contributed by atoms with Gasteiger partial charge in [0, 0.05) is 6.54 Å². The quantitative estimate of drug-likeness (QED) is 0.836. The molecule has 0 spiro atoms. The Bertz CT molecular complexity index is 451. The summed E-state index contributed by atoms with van der Waals surface area (Å²) >= 11 is 0. The van der Waals surface area contributed by atoms with E-state index >= 15 is 0 Å². The molecule has 0 heterocycles. The lowest BCUT2D eigenvalue weighted by atomic mass is 10.0. The van der Waals surface area contributed by atoms with Gasteiger partial charge < -0.3 is 5.11 Å². The molecule has 96 valence electrons. The molecule has 1 unspecified atom stereocenters. The molecule has 1 N–H and O–H groups in total. The molecule has 0 saturated carbocycles. The number of benzene rings is 1. The van der Waals surface area contributed by atoms with E-state index in [4.69, 9.17) is 5.11 Å². The molecular formula is C14H18N2O2. The van der Waals surface area contributed by atoms with Gasteiger partial charge >= 0.3 is 5.97 Å². The number of nitrogens with zero attached hydrogens (tertiary/aromatic N) is 2. The van der Waals surface area contributed by atoms with Crippen molar-refractivity contribution in [2.75, 3.05) is 13.1 Å². The van der Waals surface area contributed by atoms with Crippen molar-refractivity contribution in [3.63, 3.8) is 0 Å². The summed E-state index contributed by atoms with van der Waals surface area (Å²) in [5.41, 5.74) is 2.02. The van der Waals surface area contributed by atoms with E-state index in [2.05, 4.69) is 6.07 Å². The van der Waals surface area contributed by atoms with Crippen LogP contribution in [-0.2, 0) is 4.79 Å². The maximum Gasteiger partial charge on any atom is 0.304 e. The van der Waals surface area contributed by atoms with Crippen LogP contribution in [0.25, 0.3) is 0 Å². The highest BCUT2D eigenvalue weighted by molar-refractivity contribution is 5.66. The van der Waals surface area contributed by atoms with Gasteiger partial charge in [-0.05, 0) is 19.0 Å². The second-order valence-electron chi connectivity index (χ2n) is 4.22. The minimum Gasteiger partial charge on any atom is -0.481 e. The van der Waals surface area contributed by atoms with Crippen LogP contribution in [0, 0.1) is 18.3 Å². The van der Waals surface area contributed by atoms with Crippen LogP contribution in [0.2, 0.25) is 0 Å². The molecule has 0 aliphatic rings. The molecule has 0 aliphatic heterocycles. The zero-order valence-corrected chi connectivity index (χ0v) is 10.8. The monoisotopic (exact) mass is 246 g/mol. The van der Waals surface area contributed by atoms with Gasteiger partial charge in [-0.25, -0.2) is 0 Å². The van der Waals surface area contributed by atoms with Gasteiger partial charge in [0.25, 0.3) is 0 Å². The smallest absolute Gasteiger partial charge is 0.304 e. The van der Waals surface area contributed by atoms with Gasteiger partial charge in [-0.3, -0.25) is 9.69 Å². The Balaban J connectivity index is 2.86. The second kappa shape index (κ2) is 6.77. The summed E-state index contributed by atoms with van der Waals surface area (Å²) < 4.78 is 0. The molecule has 0 aromatic heterocycles. The molecule has 0 saturated heterocycles. The van der Waals surface area contributed by atoms with Gasteiger partial charge in [0.15, 0.2) is 0 Å². The minimum absolute atomic E-state index is 0.0534. The molecule has 1 aromatic carbocycles. The van der Waals surface area contributed by atoms with Crippen LogP contribution in [0.4, 0.5) is 0 Å². The molecule has 0 aliphatic carbocycles. The van der Waals surface area contributed by atoms with E-state index < -0.39 is 5.97 Å². The van der Waals surface area contributed by atoms with Crippen LogP contribution in [0.5, 0.6) is 0 Å². The number of hydrogen-bond acceptors (Lipinski definition) is 3. The molecule has 0 amide bonds. The van der Waals surface area contributed by atoms with Gasteiger partial charge in [-0.15, -0.1) is 0 Å². The fourth-order valence-electron chi connectivity index (χ4n) is 1.92. The summed E-state index contributed by atoms with van der Waals surface area (Å²) in [6.45, 7) is 4.95. The molecule has 1 rings (SSSR count). The Morgan fingerprint density at radius 3 is 2.78 bits per heavy atom. The zero-order chi connectivity index (χ0) is 13.5. The highest BCUT2D eigenvalue weighted by Gasteiger charge is 2.19. The summed E-state index contributed by atoms with van der Waals surface area (Å²) in [4.78, 5) is 12.5. The van der Waals surface area contributed by atoms with E-state index in [1.807, 2.05) is 43.0 Å². The first-order valence-electron chi connectivity index (χ1n) is 6.00. The van der Waals surface area contributed by atoms with Gasteiger partial charge in [-0.1, -0.05) is 36.8 Å². The Morgan fingerprint density at radius 2 is 2.28 bits per heavy atom. The largest absolute Gasteiger partial charge is 0.481 e. The van der Waals surface area contributed by atoms with Gasteiger partial charge in [0.2, 0.25) is 0 Å². The Hall–Kier alpha value is -1.86. The third kappa shape index (κ3) is 3.86. The molecule has 0 radical (unpaired) electrons. The van der Waals surface area contributed by atoms with Crippen LogP contribution in [0.3, 0.4) is 0 Å². The normalized spacial score (nSPS) is 12.1. The molecule has 18 heavy (non-hydrogen) atoms. The van der Waals surface area contributed by atoms with Crippen molar-refractivity contribution in [1.82, 2.24) is 4.90 Å². The predicted molar refractivity (Wildman–Crippen MR) is 69.0 cm³/mol. The van der Waals surface area contributed by atoms with Crippen molar-refractivity contribution in [1.29, 1.82) is 5.26 Å². The number of carboxylic acid groups (broad SMARTS) is 1. The van der Waals surface area contributed by atoms with E-state index in [9.17, 15) is 10.1 Å². The number of aliphatic carboxylic acids is 1. The Kier molecular flexibility index (Phi) is 5.34. The van der Waals surface area contributed by atoms with Crippen molar-refractivity contribution in [3.05, 3.63) is 35.4 Å². The number of hydrogen-bond donors (Lipinski definition) is 1. The van der Waals surface area contributed by atoms with Gasteiger partial charge in [0.05, 0.1) is 12.5 Å². The lowest BCUT2D eigenvalue weighted by molar-refractivity contribution is -0.137. The van der Waals surface area contributed by atoms with E-state index in [0.717, 1.165) is 11.1 Å². The number of aryl methyl sites for hydroxylation is 1. The van der Waals surface area contributed by atoms with Crippen molar-refractivity contribution in [2.24, 2.45) is 0 Å². The molecule has 1 atom stereocenters. The standard InChI is InChI=1S/C14H18N2O2/c1-3-16(8-7-14(17)18)13(10-15)12-6-4-5-11(2)9-12/h4-6,9,13H,3,7-8H2,1-2H3,(H,17,18). The molecule has 1 aromatic rings. The van der Waals surface area contributed by atoms with Crippen LogP contribution >= 0.6 is 0 Å². The molecule has 4 heteroatoms. The van der Waals surface area contributed by atoms with E-state index in [1.165, 1.54) is 0 Å². The molecule has 4 nitrogen and oxygen atoms in total. The Labute approximate surface area is 107 Å². The highest BCUT2D eigenvalue weighted by Crippen LogP contribution is 2.20. The topological polar surface area (TPSA) is 64.3 Å². The van der Waals surface area contributed by atoms with Crippen LogP contribution < -0.4 is 0 Å². The van der Waals surface area contributed by atoms with Crippen molar-refractivity contribution in [2.45, 2.75) is 26.3 Å². The average molecular weight is 246 g/mol. The third-order valence-corrected chi connectivity index (χ3v) is 2.86. The molecular weight excluding hydrogens is 228 g/mol. The van der Waals surface area contributed by atoms with Crippen molar-refractivity contribution in [3.8, 4) is 6.07 Å². The average Bonchev–Trinajstić information content (AvgIpc) is 2.34. The Morgan fingerprint density at radius 1 is 1.56 bits per heavy atom. The first kappa shape index (κ1) is 14.2. The van der Waals surface area contributed by atoms with Crippen LogP contribution in [0.1, 0.15) is 30.5 Å². The minimum atomic E-state index is -0.839. The molecule has 0 bridgehead atoms. The van der Waals surface area contributed by atoms with Crippen LogP contribution in [0.15, 0.2) is 24.3 Å². The fraction of sp³-hybridized carbons (Fsp3) is 0.429. The lowest BCUT2D eigenvalue weighted by Crippen LogP contribution is -2.30. The summed E-state index contributed by atoms with van der Waals surface area (Å²) in [7, 11) is 0. The SMILES string of the molecule is CCN(CCC(=O)O)C(C#N)c1cccc(C)c1. The van der Waals surface area contributed by atoms with E-state index in [1.54, 1.807) is 0 Å². The molecule has 0 fully saturated rings. The maximum absolute atomic E-state index is 10.6. The predicted octanol–water partition coefficient (Wildman–Crippen LogP) is 2.36. The first-order chi connectivity index (χ1) is 8.58. The number of carboxylic acids is 1. The summed E-state index contributed by atoms with van der Waals surface area (Å²) in [6.07, 6.45) is 0.0534. The van der Waals surface area contributed by atoms with Gasteiger partial charge in [-0.2, -0.15) is 5.26 Å². The van der Waals surface area contributed by atoms with E-state index in [-0.39, 0.29) is 12.5 Å². The fourth-order valence-corrected chi connectivity index (χ4v) is 1.92. The summed E-state index contributed by atoms with van der Waals surface area (Å²) in [5, 5.41) is 18.0. The summed E-state index contributed by atoms with van der Waals surface area (Å²) in [6, 6.07) is 9.64. The number of nitriles is 1. The first-order valence-corrected chi connectivity index (χ1v) is 6.00. The van der Waals surface area contributed by atoms with Crippen molar-refractivity contribution >= 4 is 5.97 Å².